The van der Waals surface area contributed by atoms with Crippen molar-refractivity contribution in [3.63, 3.8) is 0 Å². The Morgan fingerprint density at radius 1 is 1.03 bits per heavy atom. The molecule has 0 bridgehead atoms. The average molecular weight is 501 g/mol. The molecule has 1 N–H and O–H groups in total. The molecule has 4 rings (SSSR count). The molecular formula is C28H34ClFN2O3. The first-order valence-electron chi connectivity index (χ1n) is 12.7. The Kier molecular flexibility index (Phi) is 8.66. The Bertz CT molecular complexity index is 1020. The van der Waals surface area contributed by atoms with E-state index in [2.05, 4.69) is 5.32 Å². The molecule has 1 spiro atoms. The fourth-order valence-electron chi connectivity index (χ4n) is 5.11. The van der Waals surface area contributed by atoms with Crippen molar-refractivity contribution < 1.29 is 18.7 Å². The third-order valence-corrected chi connectivity index (χ3v) is 7.62. The van der Waals surface area contributed by atoms with Gasteiger partial charge in [-0.05, 0) is 73.4 Å². The number of nitrogens with one attached hydrogen (secondary N) is 1. The fraction of sp³-hybridized carbons (Fsp3) is 0.500. The molecule has 2 aromatic carbocycles. The summed E-state index contributed by atoms with van der Waals surface area (Å²) in [6.45, 7) is 2.56. The van der Waals surface area contributed by atoms with Gasteiger partial charge in [0.25, 0.3) is 5.91 Å². The van der Waals surface area contributed by atoms with Crippen molar-refractivity contribution in [3.8, 4) is 5.75 Å². The Morgan fingerprint density at radius 3 is 2.54 bits per heavy atom. The Hall–Kier alpha value is -2.60. The molecule has 0 aliphatic carbocycles. The molecule has 2 aromatic rings. The summed E-state index contributed by atoms with van der Waals surface area (Å²) in [6.07, 6.45) is 8.09. The van der Waals surface area contributed by atoms with Crippen LogP contribution in [0.25, 0.3) is 0 Å². The van der Waals surface area contributed by atoms with E-state index >= 15 is 0 Å². The van der Waals surface area contributed by atoms with Crippen molar-refractivity contribution in [2.45, 2.75) is 57.8 Å². The molecule has 2 heterocycles. The van der Waals surface area contributed by atoms with Gasteiger partial charge in [-0.2, -0.15) is 0 Å². The summed E-state index contributed by atoms with van der Waals surface area (Å²) in [4.78, 5) is 27.8. The first kappa shape index (κ1) is 25.5. The maximum absolute atomic E-state index is 13.1. The Balaban J connectivity index is 1.37. The normalized spacial score (nSPS) is 18.9. The third kappa shape index (κ3) is 6.97. The topological polar surface area (TPSA) is 58.6 Å². The molecule has 1 fully saturated rings. The van der Waals surface area contributed by atoms with Crippen molar-refractivity contribution in [3.05, 3.63) is 64.4 Å². The molecule has 5 nitrogen and oxygen atoms in total. The first-order chi connectivity index (χ1) is 16.9. The van der Waals surface area contributed by atoms with Gasteiger partial charge < -0.3 is 15.0 Å². The molecule has 1 saturated heterocycles. The zero-order valence-electron chi connectivity index (χ0n) is 20.2. The predicted octanol–water partition coefficient (Wildman–Crippen LogP) is 5.79. The van der Waals surface area contributed by atoms with E-state index in [0.717, 1.165) is 50.5 Å². The summed E-state index contributed by atoms with van der Waals surface area (Å²) in [5.41, 5.74) is 1.42. The Morgan fingerprint density at radius 2 is 1.77 bits per heavy atom. The van der Waals surface area contributed by atoms with Crippen LogP contribution in [0.4, 0.5) is 4.39 Å². The highest BCUT2D eigenvalue weighted by Crippen LogP contribution is 2.37. The van der Waals surface area contributed by atoms with Crippen LogP contribution in [0, 0.1) is 11.2 Å². The molecule has 7 heteroatoms. The molecule has 0 aromatic heterocycles. The number of carbonyl (C=O) groups excluding carboxylic acids is 2. The van der Waals surface area contributed by atoms with Crippen LogP contribution in [0.15, 0.2) is 42.5 Å². The van der Waals surface area contributed by atoms with Crippen molar-refractivity contribution in [1.29, 1.82) is 0 Å². The number of carbonyl (C=O) groups is 2. The summed E-state index contributed by atoms with van der Waals surface area (Å²) in [6, 6.07) is 11.5. The second-order valence-corrected chi connectivity index (χ2v) is 10.3. The van der Waals surface area contributed by atoms with E-state index in [-0.39, 0.29) is 23.0 Å². The van der Waals surface area contributed by atoms with Crippen molar-refractivity contribution in [2.24, 2.45) is 5.41 Å². The molecule has 0 radical (unpaired) electrons. The minimum absolute atomic E-state index is 0.0168. The van der Waals surface area contributed by atoms with Crippen LogP contribution in [-0.2, 0) is 11.2 Å². The minimum Gasteiger partial charge on any atom is -0.493 e. The average Bonchev–Trinajstić information content (AvgIpc) is 2.88. The summed E-state index contributed by atoms with van der Waals surface area (Å²) in [5, 5.41) is 3.66. The number of aryl methyl sites for hydroxylation is 1. The molecular weight excluding hydrogens is 467 g/mol. The zero-order chi connectivity index (χ0) is 24.7. The molecule has 35 heavy (non-hydrogen) atoms. The van der Waals surface area contributed by atoms with Gasteiger partial charge in [0.15, 0.2) is 0 Å². The van der Waals surface area contributed by atoms with Crippen LogP contribution >= 0.6 is 11.6 Å². The molecule has 0 unspecified atom stereocenters. The number of hydrogen-bond acceptors (Lipinski definition) is 3. The van der Waals surface area contributed by atoms with Gasteiger partial charge >= 0.3 is 0 Å². The van der Waals surface area contributed by atoms with Gasteiger partial charge in [-0.3, -0.25) is 9.59 Å². The largest absolute Gasteiger partial charge is 0.493 e. The quantitative estimate of drug-likeness (QED) is 0.580. The molecule has 0 saturated carbocycles. The SMILES string of the molecule is O=C1NCC2(CCCCCCOc3ccc(Cl)cc31)CCN(C(=O)CCc1ccc(F)cc1)CC2. The van der Waals surface area contributed by atoms with E-state index in [1.165, 1.54) is 12.1 Å². The number of rotatable bonds is 3. The number of fused-ring (bicyclic) bond motifs is 1. The van der Waals surface area contributed by atoms with Gasteiger partial charge in [-0.25, -0.2) is 4.39 Å². The lowest BCUT2D eigenvalue weighted by molar-refractivity contribution is -0.133. The van der Waals surface area contributed by atoms with Crippen LogP contribution in [0.2, 0.25) is 5.02 Å². The summed E-state index contributed by atoms with van der Waals surface area (Å²) in [7, 11) is 0. The van der Waals surface area contributed by atoms with Gasteiger partial charge in [0.1, 0.15) is 11.6 Å². The van der Waals surface area contributed by atoms with Gasteiger partial charge in [-0.1, -0.05) is 43.0 Å². The third-order valence-electron chi connectivity index (χ3n) is 7.39. The van der Waals surface area contributed by atoms with Gasteiger partial charge in [-0.15, -0.1) is 0 Å². The number of nitrogens with zero attached hydrogens (tertiary/aromatic N) is 1. The number of amides is 2. The maximum atomic E-state index is 13.1. The van der Waals surface area contributed by atoms with E-state index in [0.29, 0.717) is 55.4 Å². The van der Waals surface area contributed by atoms with E-state index in [4.69, 9.17) is 16.3 Å². The van der Waals surface area contributed by atoms with Crippen LogP contribution in [0.5, 0.6) is 5.75 Å². The second-order valence-electron chi connectivity index (χ2n) is 9.84. The second kappa shape index (κ2) is 11.9. The number of halogens is 2. The Labute approximate surface area is 212 Å². The predicted molar refractivity (Wildman–Crippen MR) is 135 cm³/mol. The lowest BCUT2D eigenvalue weighted by Gasteiger charge is -2.42. The van der Waals surface area contributed by atoms with Gasteiger partial charge in [0.05, 0.1) is 12.2 Å². The monoisotopic (exact) mass is 500 g/mol. The number of piperidine rings is 1. The van der Waals surface area contributed by atoms with E-state index in [1.54, 1.807) is 30.3 Å². The van der Waals surface area contributed by atoms with Gasteiger partial charge in [0, 0.05) is 31.1 Å². The first-order valence-corrected chi connectivity index (χ1v) is 13.0. The summed E-state index contributed by atoms with van der Waals surface area (Å²) in [5.74, 6) is 0.277. The smallest absolute Gasteiger partial charge is 0.255 e. The molecule has 2 amide bonds. The summed E-state index contributed by atoms with van der Waals surface area (Å²) >= 11 is 6.16. The van der Waals surface area contributed by atoms with E-state index in [1.807, 2.05) is 4.90 Å². The highest BCUT2D eigenvalue weighted by Gasteiger charge is 2.36. The van der Waals surface area contributed by atoms with Crippen LogP contribution < -0.4 is 10.1 Å². The highest BCUT2D eigenvalue weighted by atomic mass is 35.5. The number of hydrogen-bond donors (Lipinski definition) is 1. The van der Waals surface area contributed by atoms with Gasteiger partial charge in [0.2, 0.25) is 5.91 Å². The fourth-order valence-corrected chi connectivity index (χ4v) is 5.28. The van der Waals surface area contributed by atoms with Crippen molar-refractivity contribution in [1.82, 2.24) is 10.2 Å². The maximum Gasteiger partial charge on any atom is 0.255 e. The van der Waals surface area contributed by atoms with Crippen molar-refractivity contribution in [2.75, 3.05) is 26.2 Å². The summed E-state index contributed by atoms with van der Waals surface area (Å²) < 4.78 is 19.0. The highest BCUT2D eigenvalue weighted by molar-refractivity contribution is 6.31. The van der Waals surface area contributed by atoms with Crippen LogP contribution in [0.1, 0.15) is 67.3 Å². The lowest BCUT2D eigenvalue weighted by atomic mass is 9.74. The lowest BCUT2D eigenvalue weighted by Crippen LogP contribution is -2.48. The number of ether oxygens (including phenoxy) is 1. The molecule has 188 valence electrons. The standard InChI is InChI=1S/C28H34ClFN2O3/c29-22-8-11-25-24(19-22)27(34)31-20-28(13-3-1-2-4-18-35-25)14-16-32(17-15-28)26(33)12-7-21-5-9-23(30)10-6-21/h5-6,8-11,19H,1-4,7,12-18,20H2,(H,31,34). The van der Waals surface area contributed by atoms with Crippen LogP contribution in [0.3, 0.4) is 0 Å². The molecule has 2 aliphatic rings. The van der Waals surface area contributed by atoms with Crippen molar-refractivity contribution >= 4 is 23.4 Å². The van der Waals surface area contributed by atoms with E-state index in [9.17, 15) is 14.0 Å². The van der Waals surface area contributed by atoms with E-state index < -0.39 is 0 Å². The molecule has 2 aliphatic heterocycles. The van der Waals surface area contributed by atoms with Crippen LogP contribution in [-0.4, -0.2) is 43.0 Å². The zero-order valence-corrected chi connectivity index (χ0v) is 20.9. The minimum atomic E-state index is -0.264. The number of benzene rings is 2. The molecule has 0 atom stereocenters. The number of likely N-dealkylation sites (tertiary alicyclic amines) is 1.